The maximum absolute atomic E-state index is 13.3. The number of rotatable bonds is 9. The summed E-state index contributed by atoms with van der Waals surface area (Å²) in [5, 5.41) is 3.50. The summed E-state index contributed by atoms with van der Waals surface area (Å²) in [5.74, 6) is 1.02. The lowest BCUT2D eigenvalue weighted by atomic mass is 10.2. The van der Waals surface area contributed by atoms with Crippen molar-refractivity contribution >= 4 is 21.5 Å². The van der Waals surface area contributed by atoms with E-state index in [9.17, 15) is 12.8 Å². The van der Waals surface area contributed by atoms with Crippen LogP contribution in [-0.4, -0.2) is 54.5 Å². The number of sulfonamides is 1. The summed E-state index contributed by atoms with van der Waals surface area (Å²) in [7, 11) is 0.992. The summed E-state index contributed by atoms with van der Waals surface area (Å²) in [6.45, 7) is 5.52. The Labute approximate surface area is 217 Å². The Hall–Kier alpha value is -3.71. The predicted octanol–water partition coefficient (Wildman–Crippen LogP) is 2.85. The minimum absolute atomic E-state index is 0. The number of benzene rings is 1. The first-order chi connectivity index (χ1) is 17.7. The lowest BCUT2D eigenvalue weighted by molar-refractivity contribution is 0.392. The molecule has 3 heterocycles. The van der Waals surface area contributed by atoms with E-state index in [2.05, 4.69) is 25.2 Å². The molecule has 1 aliphatic rings. The molecule has 0 fully saturated rings. The van der Waals surface area contributed by atoms with Gasteiger partial charge in [0.1, 0.15) is 23.0 Å². The van der Waals surface area contributed by atoms with Gasteiger partial charge < -0.3 is 14.0 Å². The first-order valence-corrected chi connectivity index (χ1v) is 13.2. The highest BCUT2D eigenvalue weighted by molar-refractivity contribution is 7.90. The van der Waals surface area contributed by atoms with Crippen molar-refractivity contribution in [1.29, 1.82) is 0 Å². The van der Waals surface area contributed by atoms with Crippen molar-refractivity contribution in [1.82, 2.24) is 24.7 Å². The molecule has 11 nitrogen and oxygen atoms in total. The molecule has 0 amide bonds. The number of hydrazone groups is 1. The summed E-state index contributed by atoms with van der Waals surface area (Å²) < 4.78 is 55.3. The number of aryl methyl sites for hydroxylation is 1. The molecule has 37 heavy (non-hydrogen) atoms. The molecule has 2 atom stereocenters. The lowest BCUT2D eigenvalue weighted by Gasteiger charge is -2.30. The molecule has 1 unspecified atom stereocenters. The highest BCUT2D eigenvalue weighted by Gasteiger charge is 2.38. The number of hydrogen-bond donors (Lipinski definition) is 2. The van der Waals surface area contributed by atoms with Crippen LogP contribution < -0.4 is 24.5 Å². The van der Waals surface area contributed by atoms with Crippen LogP contribution in [0.5, 0.6) is 11.5 Å². The van der Waals surface area contributed by atoms with Gasteiger partial charge in [-0.2, -0.15) is 9.82 Å². The summed E-state index contributed by atoms with van der Waals surface area (Å²) in [4.78, 5) is 9.40. The van der Waals surface area contributed by atoms with Gasteiger partial charge in [0.15, 0.2) is 17.9 Å². The topological polar surface area (TPSA) is 123 Å². The van der Waals surface area contributed by atoms with Crippen molar-refractivity contribution in [3.8, 4) is 11.5 Å². The van der Waals surface area contributed by atoms with Crippen molar-refractivity contribution in [2.75, 3.05) is 19.1 Å². The SMILES string of the molecule is CC.COc1cccc(OC)c1N1C(c2ccn(C)c2)=NNC1NS(=O)(=O)[C@H](C)Cc1ncc(F)cn1.[HH]. The van der Waals surface area contributed by atoms with Crippen LogP contribution >= 0.6 is 0 Å². The van der Waals surface area contributed by atoms with Crippen LogP contribution in [0.4, 0.5) is 10.1 Å². The van der Waals surface area contributed by atoms with Crippen LogP contribution in [-0.2, 0) is 23.5 Å². The van der Waals surface area contributed by atoms with E-state index in [4.69, 9.17) is 9.47 Å². The molecule has 2 N–H and O–H groups in total. The van der Waals surface area contributed by atoms with Gasteiger partial charge in [-0.05, 0) is 25.1 Å². The van der Waals surface area contributed by atoms with Crippen LogP contribution in [0.2, 0.25) is 0 Å². The number of nitrogens with zero attached hydrogens (tertiary/aromatic N) is 5. The third kappa shape index (κ3) is 6.17. The molecule has 0 saturated carbocycles. The Morgan fingerprint density at radius 1 is 1.16 bits per heavy atom. The van der Waals surface area contributed by atoms with Gasteiger partial charge in [0.05, 0.1) is 31.9 Å². The minimum Gasteiger partial charge on any atom is -0.494 e. The smallest absolute Gasteiger partial charge is 0.217 e. The van der Waals surface area contributed by atoms with Crippen LogP contribution in [0, 0.1) is 5.82 Å². The van der Waals surface area contributed by atoms with E-state index in [1.165, 1.54) is 21.1 Å². The highest BCUT2D eigenvalue weighted by Crippen LogP contribution is 2.40. The van der Waals surface area contributed by atoms with Gasteiger partial charge in [0.2, 0.25) is 10.0 Å². The van der Waals surface area contributed by atoms with E-state index in [1.54, 1.807) is 23.1 Å². The fourth-order valence-electron chi connectivity index (χ4n) is 3.66. The number of anilines is 1. The Bertz CT molecular complexity index is 1310. The molecule has 13 heteroatoms. The predicted molar refractivity (Wildman–Crippen MR) is 142 cm³/mol. The third-order valence-corrected chi connectivity index (χ3v) is 7.24. The minimum atomic E-state index is -3.92. The zero-order valence-electron chi connectivity index (χ0n) is 21.6. The maximum atomic E-state index is 13.3. The van der Waals surface area contributed by atoms with Gasteiger partial charge in [-0.15, -0.1) is 0 Å². The molecule has 1 aliphatic heterocycles. The Morgan fingerprint density at radius 2 is 1.78 bits per heavy atom. The third-order valence-electron chi connectivity index (χ3n) is 5.46. The fourth-order valence-corrected chi connectivity index (χ4v) is 4.73. The molecule has 0 aliphatic carbocycles. The second-order valence-electron chi connectivity index (χ2n) is 7.91. The second-order valence-corrected chi connectivity index (χ2v) is 10.0. The number of nitrogens with one attached hydrogen (secondary N) is 2. The van der Waals surface area contributed by atoms with Crippen molar-refractivity contribution in [2.24, 2.45) is 12.1 Å². The second kappa shape index (κ2) is 12.0. The van der Waals surface area contributed by atoms with Gasteiger partial charge in [-0.3, -0.25) is 10.3 Å². The lowest BCUT2D eigenvalue weighted by Crippen LogP contribution is -2.54. The van der Waals surface area contributed by atoms with Gasteiger partial charge in [0.25, 0.3) is 0 Å². The van der Waals surface area contributed by atoms with Crippen LogP contribution in [0.25, 0.3) is 0 Å². The number of methoxy groups -OCH3 is 2. The average molecular weight is 536 g/mol. The standard InChI is InChI=1S/C22H26FN7O4S.C2H6.H2/c1-14(10-19-24-11-16(23)12-25-19)35(31,32)28-22-27-26-21(15-8-9-29(2)13-15)30(22)20-17(33-3)6-5-7-18(20)34-4;1-2;/h5-9,11-14,22,27-28H,10H2,1-4H3;1-2H3;1H/t14-,22?;;/m1../s1. The number of hydrogen-bond acceptors (Lipinski definition) is 9. The number of amidine groups is 1. The van der Waals surface area contributed by atoms with E-state index >= 15 is 0 Å². The van der Waals surface area contributed by atoms with Crippen molar-refractivity contribution in [3.05, 3.63) is 66.3 Å². The largest absolute Gasteiger partial charge is 0.494 e. The van der Waals surface area contributed by atoms with Crippen LogP contribution in [0.15, 0.2) is 54.2 Å². The fraction of sp³-hybridized carbons (Fsp3) is 0.375. The van der Waals surface area contributed by atoms with Crippen LogP contribution in [0.1, 0.15) is 33.6 Å². The molecule has 202 valence electrons. The van der Waals surface area contributed by atoms with E-state index in [0.717, 1.165) is 18.0 Å². The molecule has 0 bridgehead atoms. The quantitative estimate of drug-likeness (QED) is 0.429. The van der Waals surface area contributed by atoms with Crippen molar-refractivity contribution in [2.45, 2.75) is 38.7 Å². The number of halogens is 1. The van der Waals surface area contributed by atoms with Gasteiger partial charge >= 0.3 is 0 Å². The zero-order chi connectivity index (χ0) is 27.2. The number of aromatic nitrogens is 3. The molecule has 3 aromatic rings. The van der Waals surface area contributed by atoms with Gasteiger partial charge in [0, 0.05) is 32.9 Å². The zero-order valence-corrected chi connectivity index (χ0v) is 22.5. The Morgan fingerprint density at radius 3 is 2.32 bits per heavy atom. The summed E-state index contributed by atoms with van der Waals surface area (Å²) in [5.41, 5.74) is 4.12. The van der Waals surface area contributed by atoms with E-state index in [-0.39, 0.29) is 13.7 Å². The normalized spacial score (nSPS) is 15.8. The first-order valence-electron chi connectivity index (χ1n) is 11.7. The Balaban J connectivity index is 0.00000165. The summed E-state index contributed by atoms with van der Waals surface area (Å²) >= 11 is 0. The van der Waals surface area contributed by atoms with Crippen LogP contribution in [0.3, 0.4) is 0 Å². The molecule has 0 spiro atoms. The average Bonchev–Trinajstić information content (AvgIpc) is 3.51. The molecule has 4 rings (SSSR count). The van der Waals surface area contributed by atoms with Gasteiger partial charge in [-0.25, -0.2) is 22.8 Å². The van der Waals surface area contributed by atoms with Gasteiger partial charge in [-0.1, -0.05) is 19.9 Å². The summed E-state index contributed by atoms with van der Waals surface area (Å²) in [6, 6.07) is 7.13. The number of ether oxygens (including phenoxy) is 2. The molecular weight excluding hydrogens is 501 g/mol. The maximum Gasteiger partial charge on any atom is 0.217 e. The van der Waals surface area contributed by atoms with E-state index < -0.39 is 27.4 Å². The molecule has 2 aromatic heterocycles. The van der Waals surface area contributed by atoms with Crippen molar-refractivity contribution < 1.29 is 23.7 Å². The molecule has 0 radical (unpaired) electrons. The number of para-hydroxylation sites is 1. The monoisotopic (exact) mass is 535 g/mol. The summed E-state index contributed by atoms with van der Waals surface area (Å²) in [6.07, 6.45) is 4.73. The molecular formula is C24H34FN7O4S. The highest BCUT2D eigenvalue weighted by atomic mass is 32.2. The van der Waals surface area contributed by atoms with E-state index in [1.807, 2.05) is 43.9 Å². The molecule has 1 aromatic carbocycles. The first kappa shape index (κ1) is 27.9. The Kier molecular flexibility index (Phi) is 9.05. The molecule has 0 saturated heterocycles. The van der Waals surface area contributed by atoms with E-state index in [0.29, 0.717) is 23.0 Å². The van der Waals surface area contributed by atoms with Crippen molar-refractivity contribution in [3.63, 3.8) is 0 Å².